The number of ether oxygens (including phenoxy) is 1. The highest BCUT2D eigenvalue weighted by Crippen LogP contribution is 2.07. The molecule has 1 heterocycles. The molecule has 1 fully saturated rings. The van der Waals surface area contributed by atoms with Gasteiger partial charge >= 0.3 is 0 Å². The number of guanidine groups is 1. The largest absolute Gasteiger partial charge is 0.492 e. The normalized spacial score (nSPS) is 17.5. The van der Waals surface area contributed by atoms with Gasteiger partial charge in [-0.1, -0.05) is 32.0 Å². The summed E-state index contributed by atoms with van der Waals surface area (Å²) >= 11 is 0. The Morgan fingerprint density at radius 1 is 1.07 bits per heavy atom. The van der Waals surface area contributed by atoms with Gasteiger partial charge in [0.25, 0.3) is 0 Å². The lowest BCUT2D eigenvalue weighted by Gasteiger charge is -2.35. The van der Waals surface area contributed by atoms with Crippen LogP contribution in [0.1, 0.15) is 20.8 Å². The first kappa shape index (κ1) is 21.5. The molecule has 6 heteroatoms. The van der Waals surface area contributed by atoms with Crippen LogP contribution in [-0.4, -0.2) is 81.3 Å². The number of hydrogen-bond donors (Lipinski definition) is 2. The second kappa shape index (κ2) is 12.6. The third kappa shape index (κ3) is 8.63. The number of benzene rings is 1. The van der Waals surface area contributed by atoms with Crippen molar-refractivity contribution in [1.29, 1.82) is 0 Å². The van der Waals surface area contributed by atoms with E-state index >= 15 is 0 Å². The van der Waals surface area contributed by atoms with Gasteiger partial charge in [-0.2, -0.15) is 0 Å². The predicted molar refractivity (Wildman–Crippen MR) is 114 cm³/mol. The maximum Gasteiger partial charge on any atom is 0.191 e. The molecule has 0 aromatic heterocycles. The second-order valence-corrected chi connectivity index (χ2v) is 7.15. The van der Waals surface area contributed by atoms with Gasteiger partial charge in [0.1, 0.15) is 12.4 Å². The molecule has 6 nitrogen and oxygen atoms in total. The van der Waals surface area contributed by atoms with E-state index in [0.717, 1.165) is 37.9 Å². The minimum absolute atomic E-state index is 0.550. The molecule has 0 amide bonds. The molecular formula is C21H37N5O. The Balaban J connectivity index is 1.67. The van der Waals surface area contributed by atoms with Crippen LogP contribution in [-0.2, 0) is 0 Å². The van der Waals surface area contributed by atoms with E-state index in [1.807, 2.05) is 30.3 Å². The molecule has 152 valence electrons. The molecule has 0 aliphatic carbocycles. The third-order valence-corrected chi connectivity index (χ3v) is 4.79. The summed E-state index contributed by atoms with van der Waals surface area (Å²) in [5, 5.41) is 6.67. The van der Waals surface area contributed by atoms with E-state index in [0.29, 0.717) is 12.5 Å². The molecule has 0 saturated carbocycles. The summed E-state index contributed by atoms with van der Waals surface area (Å²) in [6.07, 6.45) is 0. The zero-order valence-electron chi connectivity index (χ0n) is 17.3. The Morgan fingerprint density at radius 3 is 2.44 bits per heavy atom. The maximum absolute atomic E-state index is 5.72. The molecule has 1 aromatic rings. The van der Waals surface area contributed by atoms with Crippen LogP contribution >= 0.6 is 0 Å². The van der Waals surface area contributed by atoms with Crippen LogP contribution in [0.3, 0.4) is 0 Å². The monoisotopic (exact) mass is 375 g/mol. The van der Waals surface area contributed by atoms with Crippen molar-refractivity contribution in [3.63, 3.8) is 0 Å². The lowest BCUT2D eigenvalue weighted by atomic mass is 10.1. The van der Waals surface area contributed by atoms with E-state index < -0.39 is 0 Å². The molecular weight excluding hydrogens is 338 g/mol. The van der Waals surface area contributed by atoms with Gasteiger partial charge in [0.05, 0.1) is 6.54 Å². The van der Waals surface area contributed by atoms with Crippen molar-refractivity contribution in [3.05, 3.63) is 30.3 Å². The molecule has 0 bridgehead atoms. The molecule has 2 N–H and O–H groups in total. The highest BCUT2D eigenvalue weighted by molar-refractivity contribution is 5.79. The van der Waals surface area contributed by atoms with Crippen LogP contribution in [0, 0.1) is 5.92 Å². The summed E-state index contributed by atoms with van der Waals surface area (Å²) in [6, 6.07) is 9.91. The zero-order chi connectivity index (χ0) is 19.3. The number of piperazine rings is 1. The number of likely N-dealkylation sites (N-methyl/N-ethyl adjacent to an activating group) is 1. The van der Waals surface area contributed by atoms with E-state index in [1.165, 1.54) is 32.7 Å². The van der Waals surface area contributed by atoms with Crippen molar-refractivity contribution < 1.29 is 4.74 Å². The fourth-order valence-electron chi connectivity index (χ4n) is 3.23. The first-order valence-electron chi connectivity index (χ1n) is 10.4. The lowest BCUT2D eigenvalue weighted by Crippen LogP contribution is -2.47. The minimum atomic E-state index is 0.550. The Labute approximate surface area is 165 Å². The average molecular weight is 376 g/mol. The van der Waals surface area contributed by atoms with Crippen molar-refractivity contribution in [1.82, 2.24) is 20.4 Å². The Morgan fingerprint density at radius 2 is 1.78 bits per heavy atom. The quantitative estimate of drug-likeness (QED) is 0.372. The zero-order valence-corrected chi connectivity index (χ0v) is 17.3. The van der Waals surface area contributed by atoms with Crippen LogP contribution in [0.15, 0.2) is 35.3 Å². The summed E-state index contributed by atoms with van der Waals surface area (Å²) in [6.45, 7) is 16.7. The fourth-order valence-corrected chi connectivity index (χ4v) is 3.23. The highest BCUT2D eigenvalue weighted by atomic mass is 16.5. The van der Waals surface area contributed by atoms with E-state index in [-0.39, 0.29) is 0 Å². The average Bonchev–Trinajstić information content (AvgIpc) is 2.70. The van der Waals surface area contributed by atoms with Gasteiger partial charge in [-0.25, -0.2) is 0 Å². The van der Waals surface area contributed by atoms with Gasteiger partial charge in [-0.3, -0.25) is 4.99 Å². The van der Waals surface area contributed by atoms with Gasteiger partial charge < -0.3 is 25.2 Å². The Hall–Kier alpha value is -1.79. The van der Waals surface area contributed by atoms with Crippen molar-refractivity contribution in [2.45, 2.75) is 20.8 Å². The highest BCUT2D eigenvalue weighted by Gasteiger charge is 2.17. The molecule has 0 radical (unpaired) electrons. The summed E-state index contributed by atoms with van der Waals surface area (Å²) in [5.74, 6) is 2.32. The number of aliphatic imine (C=N–C) groups is 1. The SMILES string of the molecule is CCNC(=NCC(C)CN1CCN(CC)CC1)NCCOc1ccccc1. The Bertz CT molecular complexity index is 529. The van der Waals surface area contributed by atoms with Crippen LogP contribution in [0.2, 0.25) is 0 Å². The van der Waals surface area contributed by atoms with Crippen LogP contribution in [0.4, 0.5) is 0 Å². The van der Waals surface area contributed by atoms with Gasteiger partial charge in [-0.05, 0) is 31.5 Å². The lowest BCUT2D eigenvalue weighted by molar-refractivity contribution is 0.125. The first-order valence-corrected chi connectivity index (χ1v) is 10.4. The predicted octanol–water partition coefficient (Wildman–Crippen LogP) is 1.89. The molecule has 1 aliphatic heterocycles. The van der Waals surface area contributed by atoms with Crippen LogP contribution < -0.4 is 15.4 Å². The van der Waals surface area contributed by atoms with Crippen molar-refractivity contribution >= 4 is 5.96 Å². The minimum Gasteiger partial charge on any atom is -0.492 e. The second-order valence-electron chi connectivity index (χ2n) is 7.15. The van der Waals surface area contributed by atoms with Gasteiger partial charge in [-0.15, -0.1) is 0 Å². The first-order chi connectivity index (χ1) is 13.2. The van der Waals surface area contributed by atoms with Gasteiger partial charge in [0.2, 0.25) is 0 Å². The van der Waals surface area contributed by atoms with Gasteiger partial charge in [0, 0.05) is 45.8 Å². The summed E-state index contributed by atoms with van der Waals surface area (Å²) < 4.78 is 5.72. The summed E-state index contributed by atoms with van der Waals surface area (Å²) in [5.41, 5.74) is 0. The number of hydrogen-bond acceptors (Lipinski definition) is 4. The molecule has 2 rings (SSSR count). The number of para-hydroxylation sites is 1. The van der Waals surface area contributed by atoms with Crippen molar-refractivity contribution in [2.24, 2.45) is 10.9 Å². The summed E-state index contributed by atoms with van der Waals surface area (Å²) in [4.78, 5) is 9.84. The molecule has 1 aromatic carbocycles. The molecule has 0 spiro atoms. The topological polar surface area (TPSA) is 52.1 Å². The van der Waals surface area contributed by atoms with Crippen LogP contribution in [0.5, 0.6) is 5.75 Å². The maximum atomic E-state index is 5.72. The smallest absolute Gasteiger partial charge is 0.191 e. The standard InChI is InChI=1S/C21H37N5O/c1-4-22-21(23-11-16-27-20-9-7-6-8-10-20)24-17-19(3)18-26-14-12-25(5-2)13-15-26/h6-10,19H,4-5,11-18H2,1-3H3,(H2,22,23,24). The Kier molecular flexibility index (Phi) is 10.0. The molecule has 1 unspecified atom stereocenters. The number of nitrogens with zero attached hydrogens (tertiary/aromatic N) is 3. The molecule has 1 aliphatic rings. The van der Waals surface area contributed by atoms with E-state index in [9.17, 15) is 0 Å². The number of nitrogens with one attached hydrogen (secondary N) is 2. The fraction of sp³-hybridized carbons (Fsp3) is 0.667. The van der Waals surface area contributed by atoms with Crippen molar-refractivity contribution in [3.8, 4) is 5.75 Å². The molecule has 1 saturated heterocycles. The summed E-state index contributed by atoms with van der Waals surface area (Å²) in [7, 11) is 0. The van der Waals surface area contributed by atoms with E-state index in [4.69, 9.17) is 9.73 Å². The third-order valence-electron chi connectivity index (χ3n) is 4.79. The molecule has 1 atom stereocenters. The van der Waals surface area contributed by atoms with Gasteiger partial charge in [0.15, 0.2) is 5.96 Å². The van der Waals surface area contributed by atoms with Crippen LogP contribution in [0.25, 0.3) is 0 Å². The molecule has 27 heavy (non-hydrogen) atoms. The van der Waals surface area contributed by atoms with E-state index in [2.05, 4.69) is 41.2 Å². The van der Waals surface area contributed by atoms with Crippen molar-refractivity contribution in [2.75, 3.05) is 65.5 Å². The van der Waals surface area contributed by atoms with E-state index in [1.54, 1.807) is 0 Å². The number of rotatable bonds is 10.